The Morgan fingerprint density at radius 2 is 1.52 bits per heavy atom. The van der Waals surface area contributed by atoms with Crippen molar-refractivity contribution < 1.29 is 52.4 Å². The molecule has 0 unspecified atom stereocenters. The number of hydrogen-bond donors (Lipinski definition) is 0. The van der Waals surface area contributed by atoms with Crippen molar-refractivity contribution >= 4 is 30.1 Å². The molecule has 13 nitrogen and oxygen atoms in total. The molecule has 234 valence electrons. The first-order valence-electron chi connectivity index (χ1n) is 13.6. The Bertz CT molecular complexity index is 1400. The van der Waals surface area contributed by atoms with E-state index in [0.29, 0.717) is 28.9 Å². The Balaban J connectivity index is 2.00. The van der Waals surface area contributed by atoms with E-state index in [0.717, 1.165) is 19.4 Å². The van der Waals surface area contributed by atoms with Crippen LogP contribution in [0.5, 0.6) is 5.75 Å². The summed E-state index contributed by atoms with van der Waals surface area (Å²) in [5.41, 5.74) is 2.39. The highest BCUT2D eigenvalue weighted by Gasteiger charge is 2.52. The van der Waals surface area contributed by atoms with Crippen LogP contribution >= 0.6 is 0 Å². The van der Waals surface area contributed by atoms with Crippen molar-refractivity contribution in [2.24, 2.45) is 5.16 Å². The maximum absolute atomic E-state index is 12.2. The Morgan fingerprint density at radius 3 is 2.11 bits per heavy atom. The fourth-order valence-electron chi connectivity index (χ4n) is 4.70. The second kappa shape index (κ2) is 16.0. The molecule has 44 heavy (non-hydrogen) atoms. The van der Waals surface area contributed by atoms with Crippen LogP contribution in [-0.2, 0) is 54.1 Å². The van der Waals surface area contributed by atoms with Gasteiger partial charge in [0.15, 0.2) is 18.3 Å². The molecule has 0 bridgehead atoms. The summed E-state index contributed by atoms with van der Waals surface area (Å²) in [6.45, 7) is 4.57. The molecule has 2 aromatic carbocycles. The topological polar surface area (TPSA) is 169 Å². The minimum absolute atomic E-state index is 0.226. The smallest absolute Gasteiger partial charge is 0.303 e. The normalized spacial score (nSPS) is 21.0. The third-order valence-corrected chi connectivity index (χ3v) is 6.39. The number of benzene rings is 2. The number of esters is 4. The van der Waals surface area contributed by atoms with Gasteiger partial charge in [-0.1, -0.05) is 29.4 Å². The number of ether oxygens (including phenoxy) is 6. The lowest BCUT2D eigenvalue weighted by Crippen LogP contribution is -2.59. The van der Waals surface area contributed by atoms with Crippen LogP contribution in [0.1, 0.15) is 56.1 Å². The van der Waals surface area contributed by atoms with Crippen LogP contribution in [0.3, 0.4) is 0 Å². The molecule has 3 rings (SSSR count). The first-order valence-corrected chi connectivity index (χ1v) is 13.6. The fraction of sp³-hybridized carbons (Fsp3) is 0.419. The van der Waals surface area contributed by atoms with Crippen molar-refractivity contribution in [1.82, 2.24) is 0 Å². The van der Waals surface area contributed by atoms with Gasteiger partial charge in [-0.3, -0.25) is 19.2 Å². The Kier molecular flexibility index (Phi) is 12.2. The summed E-state index contributed by atoms with van der Waals surface area (Å²) in [4.78, 5) is 52.6. The SMILES string of the molecule is CO/N=C/COc1ccc(Cc2cc([C@@H]3O[C@H](COC(C)=O)[C@@H](OC(C)=O)[C@H](OC(C)=O)[C@H]3OC(C)=O)ccc2C#N)cc1. The van der Waals surface area contributed by atoms with Crippen molar-refractivity contribution in [2.75, 3.05) is 20.3 Å². The summed E-state index contributed by atoms with van der Waals surface area (Å²) in [6, 6.07) is 14.4. The predicted octanol–water partition coefficient (Wildman–Crippen LogP) is 2.96. The van der Waals surface area contributed by atoms with E-state index in [1.54, 1.807) is 30.3 Å². The number of oxime groups is 1. The van der Waals surface area contributed by atoms with Gasteiger partial charge >= 0.3 is 23.9 Å². The molecule has 0 amide bonds. The summed E-state index contributed by atoms with van der Waals surface area (Å²) in [6.07, 6.45) is -4.15. The van der Waals surface area contributed by atoms with E-state index >= 15 is 0 Å². The molecule has 0 saturated carbocycles. The molecule has 13 heteroatoms. The van der Waals surface area contributed by atoms with Gasteiger partial charge in [-0.25, -0.2) is 0 Å². The Morgan fingerprint density at radius 1 is 0.886 bits per heavy atom. The Hall–Kier alpha value is -4.96. The first-order chi connectivity index (χ1) is 21.0. The van der Waals surface area contributed by atoms with E-state index in [1.807, 2.05) is 12.1 Å². The molecule has 0 aliphatic carbocycles. The highest BCUT2D eigenvalue weighted by Crippen LogP contribution is 2.38. The fourth-order valence-corrected chi connectivity index (χ4v) is 4.70. The molecule has 1 saturated heterocycles. The van der Waals surface area contributed by atoms with E-state index in [2.05, 4.69) is 16.1 Å². The van der Waals surface area contributed by atoms with Crippen LogP contribution in [0.4, 0.5) is 0 Å². The van der Waals surface area contributed by atoms with E-state index in [4.69, 9.17) is 28.4 Å². The zero-order valence-electron chi connectivity index (χ0n) is 25.0. The average molecular weight is 611 g/mol. The van der Waals surface area contributed by atoms with Gasteiger partial charge in [-0.2, -0.15) is 5.26 Å². The second-order valence-corrected chi connectivity index (χ2v) is 9.75. The van der Waals surface area contributed by atoms with Crippen molar-refractivity contribution in [2.45, 2.75) is 64.6 Å². The van der Waals surface area contributed by atoms with Crippen molar-refractivity contribution in [1.29, 1.82) is 5.26 Å². The summed E-state index contributed by atoms with van der Waals surface area (Å²) >= 11 is 0. The van der Waals surface area contributed by atoms with Crippen molar-refractivity contribution in [3.63, 3.8) is 0 Å². The third-order valence-electron chi connectivity index (χ3n) is 6.39. The minimum Gasteiger partial charge on any atom is -0.488 e. The average Bonchev–Trinajstić information content (AvgIpc) is 2.96. The second-order valence-electron chi connectivity index (χ2n) is 9.75. The molecule has 0 N–H and O–H groups in total. The van der Waals surface area contributed by atoms with Crippen LogP contribution in [0.15, 0.2) is 47.6 Å². The summed E-state index contributed by atoms with van der Waals surface area (Å²) < 4.78 is 33.6. The van der Waals surface area contributed by atoms with Crippen molar-refractivity contribution in [3.8, 4) is 11.8 Å². The molecule has 5 atom stereocenters. The van der Waals surface area contributed by atoms with Crippen LogP contribution in [0, 0.1) is 11.3 Å². The quantitative estimate of drug-likeness (QED) is 0.149. The lowest BCUT2D eigenvalue weighted by Gasteiger charge is -2.44. The van der Waals surface area contributed by atoms with Crippen LogP contribution in [-0.4, -0.2) is 74.8 Å². The summed E-state index contributed by atoms with van der Waals surface area (Å²) in [7, 11) is 1.44. The van der Waals surface area contributed by atoms with Crippen molar-refractivity contribution in [3.05, 3.63) is 64.7 Å². The number of nitrogens with zero attached hydrogens (tertiary/aromatic N) is 2. The van der Waals surface area contributed by atoms with Gasteiger partial charge in [-0.05, 0) is 41.3 Å². The van der Waals surface area contributed by atoms with Gasteiger partial charge < -0.3 is 33.3 Å². The molecule has 1 aliphatic heterocycles. The molecule has 0 spiro atoms. The number of carbonyl (C=O) groups excluding carboxylic acids is 4. The van der Waals surface area contributed by atoms with Crippen LogP contribution in [0.25, 0.3) is 0 Å². The molecule has 0 aromatic heterocycles. The van der Waals surface area contributed by atoms with Gasteiger partial charge in [-0.15, -0.1) is 0 Å². The zero-order valence-corrected chi connectivity index (χ0v) is 25.0. The maximum Gasteiger partial charge on any atom is 0.303 e. The molecule has 0 radical (unpaired) electrons. The predicted molar refractivity (Wildman–Crippen MR) is 152 cm³/mol. The summed E-state index contributed by atoms with van der Waals surface area (Å²) in [5, 5.41) is 13.4. The number of rotatable bonds is 12. The van der Waals surface area contributed by atoms with Crippen LogP contribution in [0.2, 0.25) is 0 Å². The first kappa shape index (κ1) is 33.5. The highest BCUT2D eigenvalue weighted by atomic mass is 16.7. The monoisotopic (exact) mass is 610 g/mol. The van der Waals surface area contributed by atoms with Gasteiger partial charge in [0, 0.05) is 27.7 Å². The standard InChI is InChI=1S/C31H34N2O11/c1-18(34)40-17-27-29(41-19(2)35)31(43-21(4)37)30(42-20(3)36)28(44-27)23-8-9-24(16-32)25(15-23)14-22-6-10-26(11-7-22)39-13-12-33-38-5/h6-12,15,27-31H,13-14,17H2,1-5H3/b33-12+/t27-,28+,29-,30+,31+/m1/s1. The zero-order chi connectivity index (χ0) is 32.2. The highest BCUT2D eigenvalue weighted by molar-refractivity contribution is 5.69. The van der Waals surface area contributed by atoms with Gasteiger partial charge in [0.1, 0.15) is 38.3 Å². The molecule has 2 aromatic rings. The van der Waals surface area contributed by atoms with Crippen LogP contribution < -0.4 is 4.74 Å². The number of hydrogen-bond acceptors (Lipinski definition) is 13. The van der Waals surface area contributed by atoms with E-state index < -0.39 is 54.4 Å². The molecule has 1 aliphatic rings. The molecular weight excluding hydrogens is 576 g/mol. The van der Waals surface area contributed by atoms with E-state index in [9.17, 15) is 24.4 Å². The van der Waals surface area contributed by atoms with Gasteiger partial charge in [0.05, 0.1) is 17.8 Å². The number of carbonyl (C=O) groups is 4. The Labute approximate surface area is 254 Å². The van der Waals surface area contributed by atoms with Gasteiger partial charge in [0.25, 0.3) is 0 Å². The van der Waals surface area contributed by atoms with E-state index in [1.165, 1.54) is 27.2 Å². The largest absolute Gasteiger partial charge is 0.488 e. The summed E-state index contributed by atoms with van der Waals surface area (Å²) in [5.74, 6) is -2.15. The van der Waals surface area contributed by atoms with E-state index in [-0.39, 0.29) is 13.2 Å². The maximum atomic E-state index is 12.2. The lowest BCUT2D eigenvalue weighted by atomic mass is 9.88. The minimum atomic E-state index is -1.31. The third kappa shape index (κ3) is 9.53. The number of nitriles is 1. The van der Waals surface area contributed by atoms with Gasteiger partial charge in [0.2, 0.25) is 0 Å². The molecule has 1 fully saturated rings. The lowest BCUT2D eigenvalue weighted by molar-refractivity contribution is -0.254. The molecule has 1 heterocycles. The molecular formula is C31H34N2O11.